The average Bonchev–Trinajstić information content (AvgIpc) is 2.35. The molecule has 1 heterocycles. The largest absolute Gasteiger partial charge is 0.381 e. The van der Waals surface area contributed by atoms with E-state index >= 15 is 0 Å². The Labute approximate surface area is 105 Å². The Morgan fingerprint density at radius 1 is 1.44 bits per heavy atom. The van der Waals surface area contributed by atoms with Gasteiger partial charge in [0.05, 0.1) is 0 Å². The van der Waals surface area contributed by atoms with E-state index in [1.807, 2.05) is 6.92 Å². The number of aryl methyl sites for hydroxylation is 1. The molecule has 1 aliphatic heterocycles. The molecule has 0 aliphatic carbocycles. The molecule has 2 rings (SSSR count). The number of hydrogen-bond donors (Lipinski definition) is 2. The first-order valence-electron chi connectivity index (χ1n) is 5.95. The third-order valence-electron chi connectivity index (χ3n) is 3.29. The topological polar surface area (TPSA) is 64.4 Å². The number of benzene rings is 1. The SMILES string of the molecule is Cc1ccc(F)cc1NC(=O)C1(N)CCOCC1. The van der Waals surface area contributed by atoms with Crippen molar-refractivity contribution in [3.8, 4) is 0 Å². The predicted molar refractivity (Wildman–Crippen MR) is 66.7 cm³/mol. The molecule has 18 heavy (non-hydrogen) atoms. The van der Waals surface area contributed by atoms with Gasteiger partial charge >= 0.3 is 0 Å². The van der Waals surface area contributed by atoms with Gasteiger partial charge in [-0.1, -0.05) is 6.07 Å². The number of nitrogens with two attached hydrogens (primary N) is 1. The van der Waals surface area contributed by atoms with Gasteiger partial charge in [0.2, 0.25) is 5.91 Å². The molecule has 3 N–H and O–H groups in total. The van der Waals surface area contributed by atoms with E-state index in [1.54, 1.807) is 6.07 Å². The zero-order valence-corrected chi connectivity index (χ0v) is 10.3. The molecule has 0 unspecified atom stereocenters. The summed E-state index contributed by atoms with van der Waals surface area (Å²) in [5.41, 5.74) is 6.41. The molecule has 98 valence electrons. The second-order valence-electron chi connectivity index (χ2n) is 4.68. The number of hydrogen-bond acceptors (Lipinski definition) is 3. The minimum Gasteiger partial charge on any atom is -0.381 e. The van der Waals surface area contributed by atoms with Crippen molar-refractivity contribution in [3.63, 3.8) is 0 Å². The van der Waals surface area contributed by atoms with Gasteiger partial charge < -0.3 is 15.8 Å². The Morgan fingerprint density at radius 2 is 2.11 bits per heavy atom. The summed E-state index contributed by atoms with van der Waals surface area (Å²) in [5, 5.41) is 2.70. The van der Waals surface area contributed by atoms with Crippen LogP contribution in [0, 0.1) is 12.7 Å². The van der Waals surface area contributed by atoms with Crippen molar-refractivity contribution in [1.29, 1.82) is 0 Å². The van der Waals surface area contributed by atoms with Gasteiger partial charge in [-0.2, -0.15) is 0 Å². The molecule has 4 nitrogen and oxygen atoms in total. The highest BCUT2D eigenvalue weighted by molar-refractivity contribution is 5.98. The number of amides is 1. The van der Waals surface area contributed by atoms with Gasteiger partial charge in [0.25, 0.3) is 0 Å². The fraction of sp³-hybridized carbons (Fsp3) is 0.462. The molecule has 0 spiro atoms. The molecule has 1 amide bonds. The molecule has 0 atom stereocenters. The van der Waals surface area contributed by atoms with Crippen molar-refractivity contribution >= 4 is 11.6 Å². The first-order valence-corrected chi connectivity index (χ1v) is 5.95. The van der Waals surface area contributed by atoms with Crippen LogP contribution in [-0.4, -0.2) is 24.7 Å². The van der Waals surface area contributed by atoms with E-state index in [0.29, 0.717) is 31.7 Å². The Bertz CT molecular complexity index is 456. The van der Waals surface area contributed by atoms with E-state index in [0.717, 1.165) is 5.56 Å². The fourth-order valence-corrected chi connectivity index (χ4v) is 1.94. The number of ether oxygens (including phenoxy) is 1. The number of carbonyl (C=O) groups excluding carboxylic acids is 1. The highest BCUT2D eigenvalue weighted by Gasteiger charge is 2.36. The summed E-state index contributed by atoms with van der Waals surface area (Å²) >= 11 is 0. The maximum Gasteiger partial charge on any atom is 0.244 e. The summed E-state index contributed by atoms with van der Waals surface area (Å²) in [5.74, 6) is -0.659. The van der Waals surface area contributed by atoms with Gasteiger partial charge in [0.15, 0.2) is 0 Å². The molecule has 1 aromatic carbocycles. The smallest absolute Gasteiger partial charge is 0.244 e. The maximum atomic E-state index is 13.1. The quantitative estimate of drug-likeness (QED) is 0.840. The molecule has 1 aromatic rings. The molecular weight excluding hydrogens is 235 g/mol. The molecule has 1 saturated heterocycles. The zero-order chi connectivity index (χ0) is 13.2. The lowest BCUT2D eigenvalue weighted by atomic mass is 9.90. The van der Waals surface area contributed by atoms with Crippen molar-refractivity contribution in [2.75, 3.05) is 18.5 Å². The van der Waals surface area contributed by atoms with E-state index in [-0.39, 0.29) is 11.7 Å². The van der Waals surface area contributed by atoms with E-state index in [2.05, 4.69) is 5.32 Å². The zero-order valence-electron chi connectivity index (χ0n) is 10.3. The van der Waals surface area contributed by atoms with Crippen LogP contribution in [0.4, 0.5) is 10.1 Å². The van der Waals surface area contributed by atoms with E-state index in [4.69, 9.17) is 10.5 Å². The minimum atomic E-state index is -0.920. The Kier molecular flexibility index (Phi) is 3.63. The Balaban J connectivity index is 2.13. The van der Waals surface area contributed by atoms with Crippen LogP contribution in [0.1, 0.15) is 18.4 Å². The molecule has 0 radical (unpaired) electrons. The molecule has 0 bridgehead atoms. The van der Waals surface area contributed by atoms with Gasteiger partial charge in [0, 0.05) is 18.9 Å². The second kappa shape index (κ2) is 5.04. The van der Waals surface area contributed by atoms with Crippen LogP contribution in [0.2, 0.25) is 0 Å². The lowest BCUT2D eigenvalue weighted by Gasteiger charge is -2.31. The van der Waals surface area contributed by atoms with Gasteiger partial charge in [-0.25, -0.2) is 4.39 Å². The van der Waals surface area contributed by atoms with Crippen LogP contribution >= 0.6 is 0 Å². The van der Waals surface area contributed by atoms with Gasteiger partial charge in [-0.05, 0) is 37.5 Å². The Hall–Kier alpha value is -1.46. The average molecular weight is 252 g/mol. The van der Waals surface area contributed by atoms with Crippen LogP contribution in [0.5, 0.6) is 0 Å². The molecule has 1 aliphatic rings. The van der Waals surface area contributed by atoms with Gasteiger partial charge in [0.1, 0.15) is 11.4 Å². The first kappa shape index (κ1) is 13.0. The summed E-state index contributed by atoms with van der Waals surface area (Å²) in [6.45, 7) is 2.76. The summed E-state index contributed by atoms with van der Waals surface area (Å²) in [4.78, 5) is 12.1. The van der Waals surface area contributed by atoms with E-state index < -0.39 is 5.54 Å². The predicted octanol–water partition coefficient (Wildman–Crippen LogP) is 1.58. The minimum absolute atomic E-state index is 0.278. The summed E-state index contributed by atoms with van der Waals surface area (Å²) in [6.07, 6.45) is 0.959. The standard InChI is InChI=1S/C13H17FN2O2/c1-9-2-3-10(14)8-11(9)16-12(17)13(15)4-6-18-7-5-13/h2-3,8H,4-7,15H2,1H3,(H,16,17). The second-order valence-corrected chi connectivity index (χ2v) is 4.68. The van der Waals surface area contributed by atoms with Crippen LogP contribution in [0.15, 0.2) is 18.2 Å². The van der Waals surface area contributed by atoms with Crippen molar-refractivity contribution in [1.82, 2.24) is 0 Å². The fourth-order valence-electron chi connectivity index (χ4n) is 1.94. The highest BCUT2D eigenvalue weighted by atomic mass is 19.1. The number of halogens is 1. The first-order chi connectivity index (χ1) is 8.51. The lowest BCUT2D eigenvalue weighted by Crippen LogP contribution is -2.54. The summed E-state index contributed by atoms with van der Waals surface area (Å²) in [6, 6.07) is 4.28. The third-order valence-corrected chi connectivity index (χ3v) is 3.29. The summed E-state index contributed by atoms with van der Waals surface area (Å²) < 4.78 is 18.3. The summed E-state index contributed by atoms with van der Waals surface area (Å²) in [7, 11) is 0. The van der Waals surface area contributed by atoms with Crippen LogP contribution in [0.3, 0.4) is 0 Å². The number of anilines is 1. The van der Waals surface area contributed by atoms with E-state index in [9.17, 15) is 9.18 Å². The van der Waals surface area contributed by atoms with Crippen molar-refractivity contribution in [3.05, 3.63) is 29.6 Å². The van der Waals surface area contributed by atoms with Gasteiger partial charge in [-0.3, -0.25) is 4.79 Å². The number of nitrogens with one attached hydrogen (secondary N) is 1. The molecule has 1 fully saturated rings. The van der Waals surface area contributed by atoms with E-state index in [1.165, 1.54) is 12.1 Å². The normalized spacial score (nSPS) is 18.4. The molecule has 0 aromatic heterocycles. The van der Waals surface area contributed by atoms with Crippen LogP contribution in [0.25, 0.3) is 0 Å². The maximum absolute atomic E-state index is 13.1. The van der Waals surface area contributed by atoms with Crippen molar-refractivity contribution in [2.24, 2.45) is 5.73 Å². The lowest BCUT2D eigenvalue weighted by molar-refractivity contribution is -0.124. The highest BCUT2D eigenvalue weighted by Crippen LogP contribution is 2.22. The number of carbonyl (C=O) groups is 1. The Morgan fingerprint density at radius 3 is 2.78 bits per heavy atom. The molecule has 5 heteroatoms. The van der Waals surface area contributed by atoms with Crippen LogP contribution in [-0.2, 0) is 9.53 Å². The van der Waals surface area contributed by atoms with Gasteiger partial charge in [-0.15, -0.1) is 0 Å². The third kappa shape index (κ3) is 2.68. The monoisotopic (exact) mass is 252 g/mol. The number of rotatable bonds is 2. The molecular formula is C13H17FN2O2. The molecule has 0 saturated carbocycles. The van der Waals surface area contributed by atoms with Crippen molar-refractivity contribution < 1.29 is 13.9 Å². The van der Waals surface area contributed by atoms with Crippen LogP contribution < -0.4 is 11.1 Å². The van der Waals surface area contributed by atoms with Crippen molar-refractivity contribution in [2.45, 2.75) is 25.3 Å².